The van der Waals surface area contributed by atoms with E-state index in [1.807, 2.05) is 0 Å². The number of nitrogens with zero attached hydrogens (tertiary/aromatic N) is 1. The summed E-state index contributed by atoms with van der Waals surface area (Å²) >= 11 is 0. The van der Waals surface area contributed by atoms with Gasteiger partial charge >= 0.3 is 5.72 Å². The molecule has 0 aromatic heterocycles. The predicted octanol–water partition coefficient (Wildman–Crippen LogP) is -0.258. The molecule has 0 saturated heterocycles. The van der Waals surface area contributed by atoms with E-state index in [9.17, 15) is 10.1 Å². The molecule has 0 fully saturated rings. The SMILES string of the molecule is CCC(O)(C(C)O)[N+](=O)[O-]. The summed E-state index contributed by atoms with van der Waals surface area (Å²) in [5, 5.41) is 27.9. The second-order valence-electron chi connectivity index (χ2n) is 2.17. The van der Waals surface area contributed by atoms with Crippen LogP contribution in [0.25, 0.3) is 0 Å². The van der Waals surface area contributed by atoms with Gasteiger partial charge in [0.05, 0.1) is 4.92 Å². The Balaban J connectivity index is 4.38. The van der Waals surface area contributed by atoms with Crippen LogP contribution in [0.3, 0.4) is 0 Å². The fourth-order valence-electron chi connectivity index (χ4n) is 0.577. The molecule has 0 aliphatic heterocycles. The Kier molecular flexibility index (Phi) is 2.74. The van der Waals surface area contributed by atoms with Gasteiger partial charge in [0.1, 0.15) is 6.10 Å². The highest BCUT2D eigenvalue weighted by atomic mass is 16.7. The first-order valence-corrected chi connectivity index (χ1v) is 3.00. The molecule has 0 amide bonds. The van der Waals surface area contributed by atoms with E-state index in [0.29, 0.717) is 0 Å². The average molecular weight is 149 g/mol. The monoisotopic (exact) mass is 149 g/mol. The first kappa shape index (κ1) is 9.32. The zero-order valence-corrected chi connectivity index (χ0v) is 5.94. The maximum atomic E-state index is 10.1. The molecule has 0 saturated carbocycles. The molecule has 0 aromatic rings. The van der Waals surface area contributed by atoms with Crippen LogP contribution < -0.4 is 0 Å². The number of nitro groups is 1. The Bertz CT molecular complexity index is 136. The first-order valence-electron chi connectivity index (χ1n) is 3.00. The molecule has 5 nitrogen and oxygen atoms in total. The van der Waals surface area contributed by atoms with Crippen LogP contribution in [-0.2, 0) is 0 Å². The van der Waals surface area contributed by atoms with Crippen molar-refractivity contribution in [3.05, 3.63) is 10.1 Å². The summed E-state index contributed by atoms with van der Waals surface area (Å²) in [6.45, 7) is 2.63. The fourth-order valence-corrected chi connectivity index (χ4v) is 0.577. The number of aliphatic hydroxyl groups excluding tert-OH is 1. The molecule has 10 heavy (non-hydrogen) atoms. The van der Waals surface area contributed by atoms with Crippen molar-refractivity contribution >= 4 is 0 Å². The van der Waals surface area contributed by atoms with Gasteiger partial charge in [-0.15, -0.1) is 0 Å². The Labute approximate surface area is 58.4 Å². The largest absolute Gasteiger partial charge is 0.383 e. The van der Waals surface area contributed by atoms with Crippen LogP contribution in [0.2, 0.25) is 0 Å². The number of hydrogen-bond acceptors (Lipinski definition) is 4. The topological polar surface area (TPSA) is 83.6 Å². The van der Waals surface area contributed by atoms with E-state index in [2.05, 4.69) is 0 Å². The highest BCUT2D eigenvalue weighted by molar-refractivity contribution is 4.69. The third-order valence-corrected chi connectivity index (χ3v) is 1.51. The van der Waals surface area contributed by atoms with Gasteiger partial charge in [-0.2, -0.15) is 0 Å². The second-order valence-corrected chi connectivity index (χ2v) is 2.17. The number of rotatable bonds is 3. The van der Waals surface area contributed by atoms with Crippen LogP contribution in [0.1, 0.15) is 20.3 Å². The van der Waals surface area contributed by atoms with Crippen molar-refractivity contribution < 1.29 is 15.1 Å². The van der Waals surface area contributed by atoms with Gasteiger partial charge < -0.3 is 10.2 Å². The summed E-state index contributed by atoms with van der Waals surface area (Å²) in [6, 6.07) is 0. The molecule has 0 aliphatic carbocycles. The molecule has 0 rings (SSSR count). The molecule has 0 spiro atoms. The van der Waals surface area contributed by atoms with Crippen molar-refractivity contribution in [2.45, 2.75) is 32.1 Å². The van der Waals surface area contributed by atoms with Crippen molar-refractivity contribution in [1.29, 1.82) is 0 Å². The van der Waals surface area contributed by atoms with Crippen molar-refractivity contribution in [3.8, 4) is 0 Å². The van der Waals surface area contributed by atoms with E-state index in [1.165, 1.54) is 13.8 Å². The smallest absolute Gasteiger partial charge is 0.347 e. The molecule has 2 N–H and O–H groups in total. The zero-order valence-electron chi connectivity index (χ0n) is 5.94. The van der Waals surface area contributed by atoms with Gasteiger partial charge in [0.25, 0.3) is 0 Å². The molecule has 0 heterocycles. The van der Waals surface area contributed by atoms with E-state index in [4.69, 9.17) is 10.2 Å². The van der Waals surface area contributed by atoms with E-state index < -0.39 is 16.8 Å². The highest BCUT2D eigenvalue weighted by Crippen LogP contribution is 2.14. The van der Waals surface area contributed by atoms with Crippen LogP contribution in [0.4, 0.5) is 0 Å². The molecule has 0 aromatic carbocycles. The van der Waals surface area contributed by atoms with Gasteiger partial charge in [-0.1, -0.05) is 6.92 Å². The Morgan fingerprint density at radius 1 is 1.80 bits per heavy atom. The minimum absolute atomic E-state index is 0.0995. The molecule has 60 valence electrons. The summed E-state index contributed by atoms with van der Waals surface area (Å²) < 4.78 is 0. The van der Waals surface area contributed by atoms with Crippen LogP contribution in [0, 0.1) is 10.1 Å². The molecule has 2 unspecified atom stereocenters. The first-order chi connectivity index (χ1) is 4.45. The van der Waals surface area contributed by atoms with Crippen LogP contribution in [0.5, 0.6) is 0 Å². The zero-order chi connectivity index (χ0) is 8.36. The maximum absolute atomic E-state index is 10.1. The average Bonchev–Trinajstić information content (AvgIpc) is 1.85. The van der Waals surface area contributed by atoms with E-state index in [0.717, 1.165) is 0 Å². The molecule has 0 bridgehead atoms. The Morgan fingerprint density at radius 2 is 2.20 bits per heavy atom. The molecular formula is C5H11NO4. The minimum Gasteiger partial charge on any atom is -0.383 e. The predicted molar refractivity (Wildman–Crippen MR) is 33.9 cm³/mol. The summed E-state index contributed by atoms with van der Waals surface area (Å²) in [4.78, 5) is 9.21. The maximum Gasteiger partial charge on any atom is 0.347 e. The number of aliphatic hydroxyl groups is 2. The van der Waals surface area contributed by atoms with E-state index >= 15 is 0 Å². The van der Waals surface area contributed by atoms with Gasteiger partial charge in [0.2, 0.25) is 0 Å². The molecular weight excluding hydrogens is 138 g/mol. The van der Waals surface area contributed by atoms with Crippen LogP contribution >= 0.6 is 0 Å². The van der Waals surface area contributed by atoms with Crippen molar-refractivity contribution in [1.82, 2.24) is 0 Å². The molecule has 5 heteroatoms. The third kappa shape index (κ3) is 1.43. The van der Waals surface area contributed by atoms with Crippen molar-refractivity contribution in [2.24, 2.45) is 0 Å². The minimum atomic E-state index is -2.18. The van der Waals surface area contributed by atoms with Crippen molar-refractivity contribution in [2.75, 3.05) is 0 Å². The standard InChI is InChI=1S/C5H11NO4/c1-3-5(8,4(2)7)6(9)10/h4,7-8H,3H2,1-2H3. The lowest BCUT2D eigenvalue weighted by Gasteiger charge is -2.19. The van der Waals surface area contributed by atoms with Gasteiger partial charge in [-0.3, -0.25) is 10.1 Å². The van der Waals surface area contributed by atoms with E-state index in [-0.39, 0.29) is 6.42 Å². The molecule has 2 atom stereocenters. The summed E-state index contributed by atoms with van der Waals surface area (Å²) in [5.41, 5.74) is -2.18. The summed E-state index contributed by atoms with van der Waals surface area (Å²) in [5.74, 6) is 0. The van der Waals surface area contributed by atoms with Gasteiger partial charge in [0, 0.05) is 6.42 Å². The third-order valence-electron chi connectivity index (χ3n) is 1.51. The van der Waals surface area contributed by atoms with Crippen LogP contribution in [0.15, 0.2) is 0 Å². The van der Waals surface area contributed by atoms with E-state index in [1.54, 1.807) is 0 Å². The summed E-state index contributed by atoms with van der Waals surface area (Å²) in [6.07, 6.45) is -1.44. The lowest BCUT2D eigenvalue weighted by molar-refractivity contribution is -0.637. The Morgan fingerprint density at radius 3 is 2.20 bits per heavy atom. The van der Waals surface area contributed by atoms with Gasteiger partial charge in [-0.25, -0.2) is 0 Å². The summed E-state index contributed by atoms with van der Waals surface area (Å²) in [7, 11) is 0. The Hall–Kier alpha value is -0.680. The van der Waals surface area contributed by atoms with Crippen LogP contribution in [-0.4, -0.2) is 27.0 Å². The molecule has 0 aliphatic rings. The lowest BCUT2D eigenvalue weighted by atomic mass is 10.1. The fraction of sp³-hybridized carbons (Fsp3) is 1.00. The van der Waals surface area contributed by atoms with Gasteiger partial charge in [0.15, 0.2) is 0 Å². The van der Waals surface area contributed by atoms with Gasteiger partial charge in [-0.05, 0) is 6.92 Å². The normalized spacial score (nSPS) is 19.6. The second kappa shape index (κ2) is 2.94. The quantitative estimate of drug-likeness (QED) is 0.329. The number of hydrogen-bond donors (Lipinski definition) is 2. The van der Waals surface area contributed by atoms with Crippen molar-refractivity contribution in [3.63, 3.8) is 0 Å². The highest BCUT2D eigenvalue weighted by Gasteiger charge is 2.43. The lowest BCUT2D eigenvalue weighted by Crippen LogP contribution is -2.47. The molecule has 0 radical (unpaired) electrons.